The predicted octanol–water partition coefficient (Wildman–Crippen LogP) is 4.56. The van der Waals surface area contributed by atoms with E-state index in [0.717, 1.165) is 66.8 Å². The largest absolute Gasteiger partial charge is 0.342 e. The minimum atomic E-state index is -4.03. The van der Waals surface area contributed by atoms with E-state index in [1.54, 1.807) is 42.9 Å². The molecule has 0 spiro atoms. The van der Waals surface area contributed by atoms with Crippen LogP contribution in [0.3, 0.4) is 0 Å². The Morgan fingerprint density at radius 2 is 1.76 bits per heavy atom. The van der Waals surface area contributed by atoms with Crippen LogP contribution in [0.1, 0.15) is 58.4 Å². The molecule has 41 heavy (non-hydrogen) atoms. The number of carbonyl (C=O) groups is 1. The van der Waals surface area contributed by atoms with E-state index in [1.807, 2.05) is 15.8 Å². The summed E-state index contributed by atoms with van der Waals surface area (Å²) in [6, 6.07) is 7.28. The Hall–Kier alpha value is -4.06. The highest BCUT2D eigenvalue weighted by Gasteiger charge is 2.29. The van der Waals surface area contributed by atoms with E-state index in [1.165, 1.54) is 16.8 Å². The van der Waals surface area contributed by atoms with Gasteiger partial charge in [0.1, 0.15) is 16.7 Å². The molecule has 6 rings (SSSR count). The zero-order chi connectivity index (χ0) is 28.6. The molecule has 0 saturated carbocycles. The average Bonchev–Trinajstić information content (AvgIpc) is 3.75. The quantitative estimate of drug-likeness (QED) is 0.253. The summed E-state index contributed by atoms with van der Waals surface area (Å²) in [5.74, 6) is 0.424. The molecule has 5 aromatic rings. The van der Waals surface area contributed by atoms with Crippen molar-refractivity contribution < 1.29 is 13.2 Å². The molecule has 0 unspecified atom stereocenters. The van der Waals surface area contributed by atoms with Crippen molar-refractivity contribution in [1.82, 2.24) is 38.2 Å². The van der Waals surface area contributed by atoms with Crippen molar-refractivity contribution in [3.63, 3.8) is 0 Å². The smallest absolute Gasteiger partial charge is 0.301 e. The van der Waals surface area contributed by atoms with Crippen molar-refractivity contribution in [2.45, 2.75) is 63.4 Å². The zero-order valence-electron chi connectivity index (χ0n) is 23.3. The van der Waals surface area contributed by atoms with E-state index in [9.17, 15) is 13.2 Å². The third kappa shape index (κ3) is 5.01. The first-order valence-corrected chi connectivity index (χ1v) is 15.7. The number of aromatic nitrogens is 7. The monoisotopic (exact) mass is 574 g/mol. The van der Waals surface area contributed by atoms with Crippen LogP contribution in [0.2, 0.25) is 0 Å². The lowest BCUT2D eigenvalue weighted by Gasteiger charge is -2.34. The lowest BCUT2D eigenvalue weighted by Crippen LogP contribution is -2.42. The summed E-state index contributed by atoms with van der Waals surface area (Å²) in [7, 11) is -4.03. The Morgan fingerprint density at radius 1 is 0.976 bits per heavy atom. The highest BCUT2D eigenvalue weighted by atomic mass is 32.2. The maximum absolute atomic E-state index is 13.6. The standard InChI is InChI=1S/C29H34N8O3S/c1-3-7-21(8-4-2)29(38)34-13-10-24(11-14-34)36-20-23(17-32-36)22-15-26-25(30-16-22)18-33-37(26)41(39,40)28-19-31-27-9-5-6-12-35(27)28/h5-6,9,12,15-21,24H,3-4,7-8,10-11,13-14H2,1-2H3. The van der Waals surface area contributed by atoms with Crippen LogP contribution in [0.15, 0.2) is 66.5 Å². The molecule has 214 valence electrons. The van der Waals surface area contributed by atoms with Gasteiger partial charge in [0.15, 0.2) is 5.03 Å². The molecule has 0 atom stereocenters. The van der Waals surface area contributed by atoms with Gasteiger partial charge >= 0.3 is 10.0 Å². The molecule has 11 nitrogen and oxygen atoms in total. The van der Waals surface area contributed by atoms with Crippen LogP contribution in [-0.2, 0) is 14.8 Å². The van der Waals surface area contributed by atoms with Gasteiger partial charge in [0.25, 0.3) is 0 Å². The van der Waals surface area contributed by atoms with Crippen molar-refractivity contribution in [2.75, 3.05) is 13.1 Å². The third-order valence-electron chi connectivity index (χ3n) is 7.97. The Kier molecular flexibility index (Phi) is 7.33. The van der Waals surface area contributed by atoms with E-state index in [0.29, 0.717) is 22.6 Å². The fourth-order valence-corrected chi connectivity index (χ4v) is 7.15. The molecule has 0 aliphatic carbocycles. The first-order chi connectivity index (χ1) is 19.9. The summed E-state index contributed by atoms with van der Waals surface area (Å²) >= 11 is 0. The molecule has 5 aromatic heterocycles. The number of likely N-dealkylation sites (tertiary alicyclic amines) is 1. The normalized spacial score (nSPS) is 15.0. The lowest BCUT2D eigenvalue weighted by atomic mass is 9.95. The first kappa shape index (κ1) is 27.1. The summed E-state index contributed by atoms with van der Waals surface area (Å²) < 4.78 is 31.7. The number of rotatable bonds is 9. The molecule has 1 saturated heterocycles. The molecule has 1 aliphatic rings. The molecule has 0 N–H and O–H groups in total. The second-order valence-corrected chi connectivity index (χ2v) is 12.4. The number of hydrogen-bond donors (Lipinski definition) is 0. The third-order valence-corrected chi connectivity index (χ3v) is 9.55. The van der Waals surface area contributed by atoms with Crippen LogP contribution in [0.4, 0.5) is 0 Å². The van der Waals surface area contributed by atoms with Crippen molar-refractivity contribution >= 4 is 32.6 Å². The Balaban J connectivity index is 1.21. The summed E-state index contributed by atoms with van der Waals surface area (Å²) in [5.41, 5.74) is 2.96. The van der Waals surface area contributed by atoms with Crippen LogP contribution in [0, 0.1) is 5.92 Å². The minimum Gasteiger partial charge on any atom is -0.342 e. The van der Waals surface area contributed by atoms with E-state index in [4.69, 9.17) is 0 Å². The van der Waals surface area contributed by atoms with Crippen molar-refractivity contribution in [3.05, 3.63) is 61.4 Å². The van der Waals surface area contributed by atoms with Gasteiger partial charge in [0.2, 0.25) is 5.91 Å². The van der Waals surface area contributed by atoms with Crippen molar-refractivity contribution in [3.8, 4) is 11.1 Å². The average molecular weight is 575 g/mol. The Bertz CT molecular complexity index is 1790. The molecule has 0 bridgehead atoms. The van der Waals surface area contributed by atoms with Crippen LogP contribution in [-0.4, -0.2) is 65.6 Å². The van der Waals surface area contributed by atoms with Gasteiger partial charge in [-0.25, -0.2) is 4.98 Å². The van der Waals surface area contributed by atoms with E-state index < -0.39 is 10.0 Å². The summed E-state index contributed by atoms with van der Waals surface area (Å²) in [6.07, 6.45) is 15.6. The molecule has 1 aliphatic heterocycles. The summed E-state index contributed by atoms with van der Waals surface area (Å²) in [5, 5.41) is 8.82. The number of hydrogen-bond acceptors (Lipinski definition) is 7. The number of fused-ring (bicyclic) bond motifs is 2. The SMILES string of the molecule is CCCC(CCC)C(=O)N1CCC(n2cc(-c3cnc4cnn(S(=O)(=O)c5cnc6ccccn56)c4c3)cn2)CC1. The van der Waals surface area contributed by atoms with E-state index in [-0.39, 0.29) is 17.0 Å². The zero-order valence-corrected chi connectivity index (χ0v) is 24.1. The molecule has 6 heterocycles. The molecule has 1 fully saturated rings. The second-order valence-electron chi connectivity index (χ2n) is 10.7. The van der Waals surface area contributed by atoms with Crippen LogP contribution < -0.4 is 0 Å². The maximum Gasteiger partial charge on any atom is 0.301 e. The Labute approximate surface area is 238 Å². The van der Waals surface area contributed by atoms with Crippen LogP contribution in [0.25, 0.3) is 27.8 Å². The number of carbonyl (C=O) groups excluding carboxylic acids is 1. The number of imidazole rings is 1. The lowest BCUT2D eigenvalue weighted by molar-refractivity contribution is -0.137. The molecular weight excluding hydrogens is 540 g/mol. The molecule has 0 radical (unpaired) electrons. The van der Waals surface area contributed by atoms with Crippen molar-refractivity contribution in [2.24, 2.45) is 5.92 Å². The summed E-state index contributed by atoms with van der Waals surface area (Å²) in [6.45, 7) is 5.74. The van der Waals surface area contributed by atoms with Gasteiger partial charge in [-0.3, -0.25) is 18.9 Å². The first-order valence-electron chi connectivity index (χ1n) is 14.3. The van der Waals surface area contributed by atoms with Gasteiger partial charge in [-0.1, -0.05) is 32.8 Å². The molecule has 0 aromatic carbocycles. The topological polar surface area (TPSA) is 120 Å². The van der Waals surface area contributed by atoms with E-state index >= 15 is 0 Å². The fourth-order valence-electron chi connectivity index (χ4n) is 5.81. The molecule has 12 heteroatoms. The van der Waals surface area contributed by atoms with Crippen LogP contribution >= 0.6 is 0 Å². The number of amides is 1. The second kappa shape index (κ2) is 11.1. The number of piperidine rings is 1. The molecule has 1 amide bonds. The summed E-state index contributed by atoms with van der Waals surface area (Å²) in [4.78, 5) is 23.8. The number of pyridine rings is 2. The van der Waals surface area contributed by atoms with Gasteiger partial charge in [-0.05, 0) is 43.9 Å². The Morgan fingerprint density at radius 3 is 2.51 bits per heavy atom. The highest BCUT2D eigenvalue weighted by Crippen LogP contribution is 2.29. The predicted molar refractivity (Wildman–Crippen MR) is 155 cm³/mol. The fraction of sp³-hybridized carbons (Fsp3) is 0.414. The van der Waals surface area contributed by atoms with E-state index in [2.05, 4.69) is 34.0 Å². The highest BCUT2D eigenvalue weighted by molar-refractivity contribution is 7.90. The van der Waals surface area contributed by atoms with Crippen molar-refractivity contribution in [1.29, 1.82) is 0 Å². The number of nitrogens with zero attached hydrogens (tertiary/aromatic N) is 8. The van der Waals surface area contributed by atoms with Gasteiger partial charge < -0.3 is 4.90 Å². The van der Waals surface area contributed by atoms with Gasteiger partial charge in [0.05, 0.1) is 24.6 Å². The maximum atomic E-state index is 13.6. The van der Waals surface area contributed by atoms with Gasteiger partial charge in [-0.2, -0.15) is 22.7 Å². The van der Waals surface area contributed by atoms with Gasteiger partial charge in [-0.15, -0.1) is 0 Å². The van der Waals surface area contributed by atoms with Gasteiger partial charge in [0, 0.05) is 48.7 Å². The van der Waals surface area contributed by atoms with Crippen LogP contribution in [0.5, 0.6) is 0 Å². The molecular formula is C29H34N8O3S. The minimum absolute atomic E-state index is 0.0249.